The second-order valence-electron chi connectivity index (χ2n) is 21.2. The molecule has 0 aromatic rings. The Hall–Kier alpha value is -2.81. The number of ether oxygens (including phenoxy) is 1. The Morgan fingerprint density at radius 3 is 1.36 bits per heavy atom. The largest absolute Gasteiger partial charge is 0.756 e. The van der Waals surface area contributed by atoms with Crippen molar-refractivity contribution in [3.63, 3.8) is 0 Å². The molecule has 1 amide bonds. The Morgan fingerprint density at radius 1 is 0.493 bits per heavy atom. The molecule has 3 unspecified atom stereocenters. The first-order valence-corrected chi connectivity index (χ1v) is 31.4. The van der Waals surface area contributed by atoms with Gasteiger partial charge in [0.15, 0.2) is 0 Å². The lowest BCUT2D eigenvalue weighted by Gasteiger charge is -2.30. The molecular formula is C63H113N2O7P. The molecule has 0 spiro atoms. The molecule has 0 aliphatic rings. The average molecular weight is 1040 g/mol. The van der Waals surface area contributed by atoms with E-state index in [9.17, 15) is 19.0 Å². The number of rotatable bonds is 53. The van der Waals surface area contributed by atoms with Crippen LogP contribution in [0.3, 0.4) is 0 Å². The number of hydrogen-bond acceptors (Lipinski definition) is 7. The number of phosphoric ester groups is 1. The second kappa shape index (κ2) is 52.6. The minimum atomic E-state index is -4.71. The van der Waals surface area contributed by atoms with Crippen LogP contribution in [0.25, 0.3) is 0 Å². The maximum absolute atomic E-state index is 13.5. The van der Waals surface area contributed by atoms with Crippen LogP contribution in [-0.2, 0) is 27.9 Å². The second-order valence-corrected chi connectivity index (χ2v) is 22.6. The van der Waals surface area contributed by atoms with E-state index in [1.165, 1.54) is 89.9 Å². The van der Waals surface area contributed by atoms with Gasteiger partial charge in [-0.15, -0.1) is 0 Å². The van der Waals surface area contributed by atoms with E-state index in [2.05, 4.69) is 99.0 Å². The predicted molar refractivity (Wildman–Crippen MR) is 311 cm³/mol. The molecule has 0 saturated carbocycles. The van der Waals surface area contributed by atoms with Gasteiger partial charge in [-0.05, 0) is 102 Å². The fourth-order valence-electron chi connectivity index (χ4n) is 8.14. The van der Waals surface area contributed by atoms with Gasteiger partial charge in [0, 0.05) is 12.8 Å². The molecule has 0 aromatic heterocycles. The molecule has 0 aliphatic carbocycles. The van der Waals surface area contributed by atoms with Crippen LogP contribution in [0.15, 0.2) is 85.1 Å². The highest BCUT2D eigenvalue weighted by Gasteiger charge is 2.27. The zero-order valence-corrected chi connectivity index (χ0v) is 49.0. The van der Waals surface area contributed by atoms with Crippen LogP contribution >= 0.6 is 7.82 Å². The van der Waals surface area contributed by atoms with Crippen molar-refractivity contribution in [1.29, 1.82) is 0 Å². The molecule has 73 heavy (non-hydrogen) atoms. The van der Waals surface area contributed by atoms with E-state index < -0.39 is 26.6 Å². The van der Waals surface area contributed by atoms with Crippen LogP contribution in [0.1, 0.15) is 252 Å². The maximum Gasteiger partial charge on any atom is 0.306 e. The molecule has 0 saturated heterocycles. The highest BCUT2D eigenvalue weighted by Crippen LogP contribution is 2.38. The molecule has 0 aromatic carbocycles. The third kappa shape index (κ3) is 53.8. The molecule has 0 bridgehead atoms. The number of phosphoric acid groups is 1. The Bertz CT molecular complexity index is 1530. The van der Waals surface area contributed by atoms with E-state index in [1.54, 1.807) is 0 Å². The van der Waals surface area contributed by atoms with E-state index in [4.69, 9.17) is 13.8 Å². The molecule has 3 atom stereocenters. The van der Waals surface area contributed by atoms with Gasteiger partial charge in [-0.25, -0.2) is 0 Å². The summed E-state index contributed by atoms with van der Waals surface area (Å²) in [5, 5.41) is 3.01. The summed E-state index contributed by atoms with van der Waals surface area (Å²) in [6.07, 6.45) is 68.3. The summed E-state index contributed by atoms with van der Waals surface area (Å²) in [4.78, 5) is 39.9. The molecule has 9 nitrogen and oxygen atoms in total. The van der Waals surface area contributed by atoms with E-state index in [0.717, 1.165) is 116 Å². The van der Waals surface area contributed by atoms with E-state index >= 15 is 0 Å². The van der Waals surface area contributed by atoms with Gasteiger partial charge in [-0.1, -0.05) is 222 Å². The van der Waals surface area contributed by atoms with Crippen molar-refractivity contribution in [1.82, 2.24) is 5.32 Å². The topological polar surface area (TPSA) is 114 Å². The third-order valence-corrected chi connectivity index (χ3v) is 13.8. The SMILES string of the molecule is CCCCC/C=C\C/C=C\C/C=C\C/C=C\CCCCCCCC(=O)NC(COP(=O)([O-])OCC[N+](C)(C)C)C(/C=C\CCCCCCCCCCC)OC(=O)CCCCCCCC/C=C/C=C/CCCCC. The molecular weight excluding hydrogens is 928 g/mol. The Kier molecular flexibility index (Phi) is 50.6. The van der Waals surface area contributed by atoms with E-state index in [-0.39, 0.29) is 31.3 Å². The smallest absolute Gasteiger partial charge is 0.306 e. The number of nitrogens with one attached hydrogen (secondary N) is 1. The molecule has 0 fully saturated rings. The highest BCUT2D eigenvalue weighted by atomic mass is 31.2. The molecule has 0 radical (unpaired) electrons. The Balaban J connectivity index is 5.31. The summed E-state index contributed by atoms with van der Waals surface area (Å²) in [5.41, 5.74) is 0. The van der Waals surface area contributed by atoms with Crippen LogP contribution in [-0.4, -0.2) is 69.4 Å². The zero-order valence-electron chi connectivity index (χ0n) is 48.1. The van der Waals surface area contributed by atoms with Gasteiger partial charge >= 0.3 is 5.97 Å². The van der Waals surface area contributed by atoms with E-state index in [1.807, 2.05) is 33.3 Å². The number of likely N-dealkylation sites (N-methyl/N-ethyl adjacent to an activating group) is 1. The van der Waals surface area contributed by atoms with Crippen LogP contribution in [0.5, 0.6) is 0 Å². The lowest BCUT2D eigenvalue weighted by molar-refractivity contribution is -0.870. The van der Waals surface area contributed by atoms with Gasteiger partial charge in [-0.2, -0.15) is 0 Å². The van der Waals surface area contributed by atoms with Gasteiger partial charge in [0.1, 0.15) is 19.3 Å². The number of hydrogen-bond donors (Lipinski definition) is 1. The van der Waals surface area contributed by atoms with Crippen LogP contribution in [0, 0.1) is 0 Å². The first-order valence-electron chi connectivity index (χ1n) is 29.9. The molecule has 0 rings (SSSR count). The van der Waals surface area contributed by atoms with Crippen molar-refractivity contribution < 1.29 is 37.3 Å². The monoisotopic (exact) mass is 1040 g/mol. The fraction of sp³-hybridized carbons (Fsp3) is 0.746. The first kappa shape index (κ1) is 70.2. The quantitative estimate of drug-likeness (QED) is 0.0161. The van der Waals surface area contributed by atoms with Crippen molar-refractivity contribution in [3.05, 3.63) is 85.1 Å². The van der Waals surface area contributed by atoms with Gasteiger partial charge in [0.05, 0.1) is 33.8 Å². The van der Waals surface area contributed by atoms with E-state index in [0.29, 0.717) is 23.9 Å². The first-order chi connectivity index (χ1) is 35.4. The van der Waals surface area contributed by atoms with Crippen LogP contribution in [0.2, 0.25) is 0 Å². The maximum atomic E-state index is 13.5. The Labute approximate surface area is 450 Å². The highest BCUT2D eigenvalue weighted by molar-refractivity contribution is 7.45. The summed E-state index contributed by atoms with van der Waals surface area (Å²) < 4.78 is 30.2. The number of nitrogens with zero attached hydrogens (tertiary/aromatic N) is 1. The molecule has 1 N–H and O–H groups in total. The minimum absolute atomic E-state index is 0.0319. The standard InChI is InChI=1S/C63H113N2O7P/c1-7-10-13-16-19-22-25-27-29-30-31-32-33-34-36-37-40-43-46-49-52-55-62(66)64-60(59-71-73(68,69)70-58-57-65(4,5)6)61(54-51-48-45-42-39-24-21-18-15-12-9-3)72-63(67)56-53-50-47-44-41-38-35-28-26-23-20-17-14-11-8-2/h19-20,22-23,26-29,31-32,34,36,51,54,60-61H,7-18,21,24-25,30,33,35,37-50,52-53,55-59H2,1-6H3,(H-,64,66,68,69)/b22-19-,23-20+,28-26+,29-27-,32-31-,36-34-,54-51-. The van der Waals surface area contributed by atoms with Crippen molar-refractivity contribution >= 4 is 19.7 Å². The fourth-order valence-corrected chi connectivity index (χ4v) is 8.86. The summed E-state index contributed by atoms with van der Waals surface area (Å²) in [6, 6.07) is -0.906. The molecule has 0 aliphatic heterocycles. The third-order valence-electron chi connectivity index (χ3n) is 12.8. The minimum Gasteiger partial charge on any atom is -0.756 e. The average Bonchev–Trinajstić information content (AvgIpc) is 3.35. The van der Waals surface area contributed by atoms with Crippen LogP contribution in [0.4, 0.5) is 0 Å². The predicted octanol–water partition coefficient (Wildman–Crippen LogP) is 17.6. The molecule has 422 valence electrons. The summed E-state index contributed by atoms with van der Waals surface area (Å²) in [7, 11) is 1.15. The summed E-state index contributed by atoms with van der Waals surface area (Å²) >= 11 is 0. The number of carbonyl (C=O) groups is 2. The summed E-state index contributed by atoms with van der Waals surface area (Å²) in [5.74, 6) is -0.579. The number of esters is 1. The number of allylic oxidation sites excluding steroid dienone is 13. The lowest BCUT2D eigenvalue weighted by atomic mass is 10.1. The van der Waals surface area contributed by atoms with Crippen molar-refractivity contribution in [3.8, 4) is 0 Å². The van der Waals surface area contributed by atoms with Crippen molar-refractivity contribution in [2.24, 2.45) is 0 Å². The number of amides is 1. The van der Waals surface area contributed by atoms with Gasteiger partial charge in [0.25, 0.3) is 7.82 Å². The number of carbonyl (C=O) groups excluding carboxylic acids is 2. The summed E-state index contributed by atoms with van der Waals surface area (Å²) in [6.45, 7) is 6.75. The van der Waals surface area contributed by atoms with Crippen molar-refractivity contribution in [2.45, 2.75) is 264 Å². The normalized spacial score (nSPS) is 14.3. The van der Waals surface area contributed by atoms with Crippen LogP contribution < -0.4 is 10.2 Å². The van der Waals surface area contributed by atoms with Gasteiger partial charge in [0.2, 0.25) is 5.91 Å². The van der Waals surface area contributed by atoms with Gasteiger partial charge < -0.3 is 28.5 Å². The zero-order chi connectivity index (χ0) is 53.6. The number of unbranched alkanes of at least 4 members (excludes halogenated alkanes) is 26. The molecule has 0 heterocycles. The van der Waals surface area contributed by atoms with Crippen molar-refractivity contribution in [2.75, 3.05) is 40.9 Å². The molecule has 10 heteroatoms. The number of quaternary nitrogens is 1. The Morgan fingerprint density at radius 2 is 0.877 bits per heavy atom. The lowest BCUT2D eigenvalue weighted by Crippen LogP contribution is -2.47. The van der Waals surface area contributed by atoms with Gasteiger partial charge in [-0.3, -0.25) is 14.2 Å².